The van der Waals surface area contributed by atoms with E-state index in [0.717, 1.165) is 34.8 Å². The van der Waals surface area contributed by atoms with Gasteiger partial charge in [0.15, 0.2) is 0 Å². The van der Waals surface area contributed by atoms with E-state index in [-0.39, 0.29) is 5.41 Å². The number of nitriles is 1. The molecule has 0 amide bonds. The van der Waals surface area contributed by atoms with Crippen molar-refractivity contribution in [3.05, 3.63) is 41.3 Å². The van der Waals surface area contributed by atoms with Crippen LogP contribution in [0.3, 0.4) is 0 Å². The molecule has 5 heteroatoms. The largest absolute Gasteiger partial charge is 0.415 e. The molecule has 25 heavy (non-hydrogen) atoms. The van der Waals surface area contributed by atoms with Gasteiger partial charge in [-0.15, -0.1) is 10.2 Å². The third-order valence-corrected chi connectivity index (χ3v) is 7.25. The van der Waals surface area contributed by atoms with E-state index >= 15 is 0 Å². The van der Waals surface area contributed by atoms with Crippen LogP contribution in [-0.2, 0) is 11.2 Å². The van der Waals surface area contributed by atoms with Gasteiger partial charge >= 0.3 is 0 Å². The first kappa shape index (κ1) is 15.5. The van der Waals surface area contributed by atoms with Crippen molar-refractivity contribution in [1.29, 1.82) is 5.26 Å². The lowest BCUT2D eigenvalue weighted by Crippen LogP contribution is -2.48. The minimum Gasteiger partial charge on any atom is -0.415 e. The normalized spacial score (nSPS) is 32.7. The molecule has 1 aromatic carbocycles. The Morgan fingerprint density at radius 1 is 1.08 bits per heavy atom. The van der Waals surface area contributed by atoms with Crippen LogP contribution in [0.4, 0.5) is 0 Å². The van der Waals surface area contributed by atoms with E-state index in [2.05, 4.69) is 16.3 Å². The molecule has 4 nitrogen and oxygen atoms in total. The van der Waals surface area contributed by atoms with Gasteiger partial charge in [0.05, 0.1) is 11.6 Å². The summed E-state index contributed by atoms with van der Waals surface area (Å²) in [4.78, 5) is 0. The smallest absolute Gasteiger partial charge is 0.276 e. The summed E-state index contributed by atoms with van der Waals surface area (Å²) in [5, 5.41) is 18.6. The highest BCUT2D eigenvalue weighted by Crippen LogP contribution is 2.60. The molecule has 4 bridgehead atoms. The van der Waals surface area contributed by atoms with Crippen LogP contribution in [0.5, 0.6) is 0 Å². The quantitative estimate of drug-likeness (QED) is 0.747. The summed E-state index contributed by atoms with van der Waals surface area (Å²) in [6, 6.07) is 9.94. The van der Waals surface area contributed by atoms with Crippen molar-refractivity contribution in [2.24, 2.45) is 17.8 Å². The number of aromatic nitrogens is 2. The Hall–Kier alpha value is -1.80. The first-order valence-electron chi connectivity index (χ1n) is 9.19. The van der Waals surface area contributed by atoms with E-state index in [0.29, 0.717) is 11.0 Å². The predicted molar refractivity (Wildman–Crippen MR) is 94.9 cm³/mol. The van der Waals surface area contributed by atoms with Gasteiger partial charge in [-0.05, 0) is 67.9 Å². The zero-order chi connectivity index (χ0) is 16.9. The Bertz CT molecular complexity index is 802. The van der Waals surface area contributed by atoms with E-state index in [1.807, 2.05) is 24.3 Å². The molecule has 4 saturated carbocycles. The molecule has 4 aliphatic carbocycles. The maximum absolute atomic E-state index is 9.21. The minimum atomic E-state index is 0.158. The molecule has 6 rings (SSSR count). The summed E-state index contributed by atoms with van der Waals surface area (Å²) in [6.07, 6.45) is 7.97. The molecule has 4 fully saturated rings. The first-order chi connectivity index (χ1) is 12.2. The number of benzene rings is 1. The molecule has 0 radical (unpaired) electrons. The molecule has 1 aromatic heterocycles. The van der Waals surface area contributed by atoms with Gasteiger partial charge in [0.1, 0.15) is 0 Å². The summed E-state index contributed by atoms with van der Waals surface area (Å²) in [5.41, 5.74) is 1.89. The van der Waals surface area contributed by atoms with Crippen LogP contribution in [0.25, 0.3) is 0 Å². The lowest BCUT2D eigenvalue weighted by molar-refractivity contribution is -0.0191. The third-order valence-electron chi connectivity index (χ3n) is 6.39. The Morgan fingerprint density at radius 3 is 2.44 bits per heavy atom. The molecule has 2 aromatic rings. The Balaban J connectivity index is 1.33. The molecule has 0 unspecified atom stereocenters. The molecule has 0 N–H and O–H groups in total. The van der Waals surface area contributed by atoms with Crippen LogP contribution in [0.15, 0.2) is 33.9 Å². The van der Waals surface area contributed by atoms with Gasteiger partial charge in [0.25, 0.3) is 5.22 Å². The number of hydrogen-bond donors (Lipinski definition) is 0. The van der Waals surface area contributed by atoms with E-state index in [1.54, 1.807) is 0 Å². The minimum absolute atomic E-state index is 0.158. The Kier molecular flexibility index (Phi) is 3.63. The summed E-state index contributed by atoms with van der Waals surface area (Å²) < 4.78 is 6.12. The van der Waals surface area contributed by atoms with Crippen molar-refractivity contribution in [1.82, 2.24) is 10.2 Å². The number of hydrogen-bond acceptors (Lipinski definition) is 5. The SMILES string of the molecule is N#Cc1ccccc1CSc1nnc(C23CC4CC(CC(C4)C2)C3)o1. The zero-order valence-electron chi connectivity index (χ0n) is 14.1. The van der Waals surface area contributed by atoms with Gasteiger partial charge in [-0.1, -0.05) is 30.0 Å². The van der Waals surface area contributed by atoms with Crippen molar-refractivity contribution < 1.29 is 4.42 Å². The van der Waals surface area contributed by atoms with Crippen LogP contribution in [0.2, 0.25) is 0 Å². The van der Waals surface area contributed by atoms with Crippen LogP contribution in [0.1, 0.15) is 55.5 Å². The second-order valence-corrected chi connectivity index (χ2v) is 9.06. The van der Waals surface area contributed by atoms with Gasteiger partial charge in [0.2, 0.25) is 5.89 Å². The maximum atomic E-state index is 9.21. The first-order valence-corrected chi connectivity index (χ1v) is 10.2. The van der Waals surface area contributed by atoms with Crippen LogP contribution in [0, 0.1) is 29.1 Å². The average molecular weight is 351 g/mol. The summed E-state index contributed by atoms with van der Waals surface area (Å²) in [7, 11) is 0. The lowest BCUT2D eigenvalue weighted by atomic mass is 9.49. The van der Waals surface area contributed by atoms with Gasteiger partial charge in [-0.25, -0.2) is 0 Å². The lowest BCUT2D eigenvalue weighted by Gasteiger charge is -2.55. The Morgan fingerprint density at radius 2 is 1.76 bits per heavy atom. The second kappa shape index (κ2) is 5.88. The van der Waals surface area contributed by atoms with Crippen LogP contribution >= 0.6 is 11.8 Å². The van der Waals surface area contributed by atoms with Crippen molar-refractivity contribution in [2.45, 2.75) is 54.9 Å². The Labute approximate surface area is 152 Å². The molecule has 128 valence electrons. The van der Waals surface area contributed by atoms with E-state index < -0.39 is 0 Å². The second-order valence-electron chi connectivity index (χ2n) is 8.13. The van der Waals surface area contributed by atoms with E-state index in [4.69, 9.17) is 4.42 Å². The molecular weight excluding hydrogens is 330 g/mol. The highest BCUT2D eigenvalue weighted by atomic mass is 32.2. The fraction of sp³-hybridized carbons (Fsp3) is 0.550. The molecule has 0 saturated heterocycles. The molecule has 4 aliphatic rings. The fourth-order valence-corrected chi connectivity index (χ4v) is 6.52. The maximum Gasteiger partial charge on any atom is 0.276 e. The van der Waals surface area contributed by atoms with Crippen LogP contribution in [-0.4, -0.2) is 10.2 Å². The summed E-state index contributed by atoms with van der Waals surface area (Å²) in [5.74, 6) is 4.18. The molecule has 0 atom stereocenters. The number of thioether (sulfide) groups is 1. The zero-order valence-corrected chi connectivity index (χ0v) is 15.0. The number of rotatable bonds is 4. The van der Waals surface area contributed by atoms with Crippen LogP contribution < -0.4 is 0 Å². The predicted octanol–water partition coefficient (Wildman–Crippen LogP) is 4.70. The molecule has 0 aliphatic heterocycles. The van der Waals surface area contributed by atoms with Gasteiger partial charge < -0.3 is 4.42 Å². The fourth-order valence-electron chi connectivity index (χ4n) is 5.75. The van der Waals surface area contributed by atoms with Gasteiger partial charge in [0, 0.05) is 11.2 Å². The van der Waals surface area contributed by atoms with Gasteiger partial charge in [-0.3, -0.25) is 0 Å². The molecule has 0 spiro atoms. The monoisotopic (exact) mass is 351 g/mol. The summed E-state index contributed by atoms with van der Waals surface area (Å²) in [6.45, 7) is 0. The number of nitrogens with zero attached hydrogens (tertiary/aromatic N) is 3. The van der Waals surface area contributed by atoms with Gasteiger partial charge in [-0.2, -0.15) is 5.26 Å². The van der Waals surface area contributed by atoms with E-state index in [9.17, 15) is 5.26 Å². The topological polar surface area (TPSA) is 62.7 Å². The summed E-state index contributed by atoms with van der Waals surface area (Å²) >= 11 is 1.54. The average Bonchev–Trinajstić information content (AvgIpc) is 3.09. The highest BCUT2D eigenvalue weighted by Gasteiger charge is 2.54. The standard InChI is InChI=1S/C20H21N3OS/c21-11-16-3-1-2-4-17(16)12-25-19-23-22-18(24-19)20-8-13-5-14(9-20)7-15(6-13)10-20/h1-4,13-15H,5-10,12H2. The highest BCUT2D eigenvalue weighted by molar-refractivity contribution is 7.98. The van der Waals surface area contributed by atoms with Crippen molar-refractivity contribution in [2.75, 3.05) is 0 Å². The van der Waals surface area contributed by atoms with Crippen molar-refractivity contribution in [3.8, 4) is 6.07 Å². The van der Waals surface area contributed by atoms with Crippen molar-refractivity contribution in [3.63, 3.8) is 0 Å². The van der Waals surface area contributed by atoms with Crippen molar-refractivity contribution >= 4 is 11.8 Å². The third kappa shape index (κ3) is 2.67. The molecular formula is C20H21N3OS. The molecule has 1 heterocycles. The van der Waals surface area contributed by atoms with E-state index in [1.165, 1.54) is 50.3 Å².